The maximum atomic E-state index is 12.4. The van der Waals surface area contributed by atoms with Gasteiger partial charge in [0.25, 0.3) is 0 Å². The van der Waals surface area contributed by atoms with E-state index in [2.05, 4.69) is 73.1 Å². The molecule has 2 unspecified atom stereocenters. The minimum atomic E-state index is 0.181. The molecule has 1 saturated carbocycles. The van der Waals surface area contributed by atoms with Crippen LogP contribution in [0.2, 0.25) is 0 Å². The van der Waals surface area contributed by atoms with Crippen LogP contribution in [0, 0.1) is 0 Å². The van der Waals surface area contributed by atoms with E-state index in [1.807, 2.05) is 0 Å². The standard InChI is InChI=1S/C38H66N2O2/c1-3-5-7-9-11-13-15-17-18-19-21-23-25-27-29-31-38(42)40-36-33-32-35(34-36)39-37(41)30-28-26-24-22-20-16-14-12-10-8-6-4-2/h6,8,11-14,17-18,35-36H,3-5,7,9-10,15-16,19-34H2,1-2H3,(H,39,41)(H,40,42). The lowest BCUT2D eigenvalue weighted by Crippen LogP contribution is -2.37. The minimum Gasteiger partial charge on any atom is -0.353 e. The van der Waals surface area contributed by atoms with Gasteiger partial charge in [-0.2, -0.15) is 0 Å². The van der Waals surface area contributed by atoms with Gasteiger partial charge in [0.15, 0.2) is 0 Å². The fraction of sp³-hybridized carbons (Fsp3) is 0.737. The molecule has 0 radical (unpaired) electrons. The molecule has 4 nitrogen and oxygen atoms in total. The average molecular weight is 583 g/mol. The maximum absolute atomic E-state index is 12.4. The summed E-state index contributed by atoms with van der Waals surface area (Å²) in [5.74, 6) is 0.363. The molecule has 2 N–H and O–H groups in total. The molecule has 1 aliphatic carbocycles. The summed E-state index contributed by atoms with van der Waals surface area (Å²) in [4.78, 5) is 24.7. The zero-order chi connectivity index (χ0) is 30.4. The third kappa shape index (κ3) is 24.5. The quantitative estimate of drug-likeness (QED) is 0.0747. The van der Waals surface area contributed by atoms with Gasteiger partial charge in [-0.05, 0) is 89.9 Å². The summed E-state index contributed by atoms with van der Waals surface area (Å²) in [5, 5.41) is 6.42. The van der Waals surface area contributed by atoms with Gasteiger partial charge in [0.2, 0.25) is 11.8 Å². The number of hydrogen-bond donors (Lipinski definition) is 2. The molecule has 0 bridgehead atoms. The van der Waals surface area contributed by atoms with Crippen molar-refractivity contribution in [2.24, 2.45) is 0 Å². The molecule has 1 fully saturated rings. The van der Waals surface area contributed by atoms with Crippen LogP contribution >= 0.6 is 0 Å². The summed E-state index contributed by atoms with van der Waals surface area (Å²) in [7, 11) is 0. The van der Waals surface area contributed by atoms with Crippen LogP contribution in [-0.4, -0.2) is 23.9 Å². The number of nitrogens with one attached hydrogen (secondary N) is 2. The van der Waals surface area contributed by atoms with E-state index in [-0.39, 0.29) is 23.9 Å². The van der Waals surface area contributed by atoms with E-state index < -0.39 is 0 Å². The van der Waals surface area contributed by atoms with Crippen molar-refractivity contribution in [3.05, 3.63) is 48.6 Å². The molecule has 0 heterocycles. The van der Waals surface area contributed by atoms with Crippen molar-refractivity contribution in [2.45, 2.75) is 180 Å². The Labute approximate surface area is 260 Å². The Kier molecular flexibility index (Phi) is 26.2. The lowest BCUT2D eigenvalue weighted by atomic mass is 10.1. The molecule has 240 valence electrons. The monoisotopic (exact) mass is 583 g/mol. The Bertz CT molecular complexity index is 767. The van der Waals surface area contributed by atoms with Gasteiger partial charge >= 0.3 is 0 Å². The first-order valence-corrected chi connectivity index (χ1v) is 17.8. The lowest BCUT2D eigenvalue weighted by Gasteiger charge is -2.15. The van der Waals surface area contributed by atoms with Gasteiger partial charge in [0, 0.05) is 24.9 Å². The van der Waals surface area contributed by atoms with Crippen LogP contribution in [0.5, 0.6) is 0 Å². The van der Waals surface area contributed by atoms with Gasteiger partial charge in [-0.3, -0.25) is 9.59 Å². The summed E-state index contributed by atoms with van der Waals surface area (Å²) in [5.41, 5.74) is 0. The highest BCUT2D eigenvalue weighted by molar-refractivity contribution is 5.77. The van der Waals surface area contributed by atoms with E-state index in [9.17, 15) is 9.59 Å². The van der Waals surface area contributed by atoms with Crippen LogP contribution in [0.15, 0.2) is 48.6 Å². The second-order valence-electron chi connectivity index (χ2n) is 12.2. The van der Waals surface area contributed by atoms with Crippen molar-refractivity contribution in [3.63, 3.8) is 0 Å². The normalized spacial score (nSPS) is 17.4. The molecule has 0 aromatic carbocycles. The Balaban J connectivity index is 1.93. The first-order valence-electron chi connectivity index (χ1n) is 17.8. The second-order valence-corrected chi connectivity index (χ2v) is 12.2. The van der Waals surface area contributed by atoms with Crippen LogP contribution in [0.4, 0.5) is 0 Å². The summed E-state index contributed by atoms with van der Waals surface area (Å²) < 4.78 is 0. The van der Waals surface area contributed by atoms with Gasteiger partial charge in [-0.1, -0.05) is 114 Å². The molecule has 0 spiro atoms. The average Bonchev–Trinajstić information content (AvgIpc) is 3.41. The third-order valence-electron chi connectivity index (χ3n) is 8.13. The molecule has 1 rings (SSSR count). The van der Waals surface area contributed by atoms with E-state index in [0.29, 0.717) is 12.8 Å². The molecule has 4 heteroatoms. The molecule has 42 heavy (non-hydrogen) atoms. The predicted molar refractivity (Wildman–Crippen MR) is 183 cm³/mol. The molecular weight excluding hydrogens is 516 g/mol. The number of unbranched alkanes of at least 4 members (excludes halogenated alkanes) is 13. The molecule has 2 amide bonds. The van der Waals surface area contributed by atoms with Crippen molar-refractivity contribution in [3.8, 4) is 0 Å². The molecule has 2 atom stereocenters. The summed E-state index contributed by atoms with van der Waals surface area (Å²) in [6.45, 7) is 4.41. The molecule has 1 aliphatic rings. The van der Waals surface area contributed by atoms with Crippen LogP contribution in [0.3, 0.4) is 0 Å². The van der Waals surface area contributed by atoms with E-state index >= 15 is 0 Å². The van der Waals surface area contributed by atoms with Crippen molar-refractivity contribution < 1.29 is 9.59 Å². The van der Waals surface area contributed by atoms with Gasteiger partial charge in [-0.15, -0.1) is 0 Å². The Hall–Kier alpha value is -2.10. The third-order valence-corrected chi connectivity index (χ3v) is 8.13. The van der Waals surface area contributed by atoms with Crippen LogP contribution < -0.4 is 10.6 Å². The Morgan fingerprint density at radius 2 is 0.929 bits per heavy atom. The molecule has 0 aliphatic heterocycles. The fourth-order valence-corrected chi connectivity index (χ4v) is 5.57. The summed E-state index contributed by atoms with van der Waals surface area (Å²) in [6, 6.07) is 0.440. The van der Waals surface area contributed by atoms with Gasteiger partial charge in [0.05, 0.1) is 0 Å². The van der Waals surface area contributed by atoms with E-state index in [0.717, 1.165) is 70.6 Å². The topological polar surface area (TPSA) is 58.2 Å². The van der Waals surface area contributed by atoms with Crippen LogP contribution in [-0.2, 0) is 9.59 Å². The number of rotatable bonds is 27. The van der Waals surface area contributed by atoms with Gasteiger partial charge in [-0.25, -0.2) is 0 Å². The maximum Gasteiger partial charge on any atom is 0.220 e. The van der Waals surface area contributed by atoms with Crippen LogP contribution in [0.1, 0.15) is 168 Å². The summed E-state index contributed by atoms with van der Waals surface area (Å²) >= 11 is 0. The zero-order valence-corrected chi connectivity index (χ0v) is 27.6. The Morgan fingerprint density at radius 3 is 1.38 bits per heavy atom. The SMILES string of the molecule is CCC=CCC=CCCCCCCCC(=O)NC1CCC(NC(=O)CCCCCCCC=CCC=CCCCCC)C1. The van der Waals surface area contributed by atoms with Crippen molar-refractivity contribution >= 4 is 11.8 Å². The number of carbonyl (C=O) groups excluding carboxylic acids is 2. The summed E-state index contributed by atoms with van der Waals surface area (Å²) in [6.07, 6.45) is 44.6. The molecule has 0 saturated heterocycles. The molecule has 0 aromatic rings. The van der Waals surface area contributed by atoms with E-state index in [4.69, 9.17) is 0 Å². The zero-order valence-electron chi connectivity index (χ0n) is 27.6. The van der Waals surface area contributed by atoms with Gasteiger partial charge in [0.1, 0.15) is 0 Å². The molecular formula is C38H66N2O2. The van der Waals surface area contributed by atoms with Crippen molar-refractivity contribution in [1.29, 1.82) is 0 Å². The second kappa shape index (κ2) is 29.0. The highest BCUT2D eigenvalue weighted by atomic mass is 16.2. The highest BCUT2D eigenvalue weighted by Crippen LogP contribution is 2.20. The fourth-order valence-electron chi connectivity index (χ4n) is 5.57. The van der Waals surface area contributed by atoms with E-state index in [1.54, 1.807) is 0 Å². The van der Waals surface area contributed by atoms with E-state index in [1.165, 1.54) is 70.6 Å². The Morgan fingerprint density at radius 1 is 0.524 bits per heavy atom. The van der Waals surface area contributed by atoms with Crippen molar-refractivity contribution in [1.82, 2.24) is 10.6 Å². The van der Waals surface area contributed by atoms with Crippen molar-refractivity contribution in [2.75, 3.05) is 0 Å². The van der Waals surface area contributed by atoms with Crippen LogP contribution in [0.25, 0.3) is 0 Å². The highest BCUT2D eigenvalue weighted by Gasteiger charge is 2.26. The smallest absolute Gasteiger partial charge is 0.220 e. The van der Waals surface area contributed by atoms with Gasteiger partial charge < -0.3 is 10.6 Å². The molecule has 0 aromatic heterocycles. The number of hydrogen-bond acceptors (Lipinski definition) is 2. The lowest BCUT2D eigenvalue weighted by molar-refractivity contribution is -0.122. The largest absolute Gasteiger partial charge is 0.353 e. The number of amides is 2. The first-order chi connectivity index (χ1) is 20.7. The first kappa shape index (κ1) is 37.9. The predicted octanol–water partition coefficient (Wildman–Crippen LogP) is 10.6. The number of carbonyl (C=O) groups is 2. The minimum absolute atomic E-state index is 0.181. The number of allylic oxidation sites excluding steroid dienone is 8.